The van der Waals surface area contributed by atoms with E-state index in [1.54, 1.807) is 7.11 Å². The minimum atomic E-state index is -0.943. The van der Waals surface area contributed by atoms with E-state index in [4.69, 9.17) is 4.74 Å². The van der Waals surface area contributed by atoms with Gasteiger partial charge in [-0.15, -0.1) is 0 Å². The van der Waals surface area contributed by atoms with Crippen LogP contribution in [0.3, 0.4) is 0 Å². The van der Waals surface area contributed by atoms with E-state index in [2.05, 4.69) is 22.0 Å². The van der Waals surface area contributed by atoms with Crippen molar-refractivity contribution in [2.75, 3.05) is 20.2 Å². The number of nitrogens with zero attached hydrogens (tertiary/aromatic N) is 2. The zero-order valence-electron chi connectivity index (χ0n) is 21.0. The van der Waals surface area contributed by atoms with E-state index in [0.717, 1.165) is 33.7 Å². The molecule has 7 nitrogen and oxygen atoms in total. The molecule has 0 aliphatic carbocycles. The summed E-state index contributed by atoms with van der Waals surface area (Å²) >= 11 is 0. The molecular weight excluding hydrogens is 442 g/mol. The van der Waals surface area contributed by atoms with Gasteiger partial charge in [0, 0.05) is 24.2 Å². The average molecular weight is 476 g/mol. The van der Waals surface area contributed by atoms with Crippen LogP contribution in [0.15, 0.2) is 54.6 Å². The predicted octanol–water partition coefficient (Wildman–Crippen LogP) is 5.59. The van der Waals surface area contributed by atoms with Crippen LogP contribution in [0.1, 0.15) is 49.3 Å². The van der Waals surface area contributed by atoms with E-state index in [1.807, 2.05) is 70.2 Å². The molecule has 2 N–H and O–H groups in total. The largest absolute Gasteiger partial charge is 0.497 e. The molecule has 4 rings (SSSR count). The minimum Gasteiger partial charge on any atom is -0.497 e. The number of carbonyl (C=O) groups is 2. The van der Waals surface area contributed by atoms with Crippen LogP contribution in [0.4, 0.5) is 4.79 Å². The van der Waals surface area contributed by atoms with Gasteiger partial charge in [-0.2, -0.15) is 0 Å². The number of aromatic nitrogens is 1. The molecule has 2 amide bonds. The second kappa shape index (κ2) is 9.49. The lowest BCUT2D eigenvalue weighted by molar-refractivity contribution is 0.0868. The SMILES string of the molecule is COc1cccc(-c2cc3n(c2-c2cccc(C)c2)C(CCN(C(=O)O)C(C)(C)C)CNC3=O)c1. The summed E-state index contributed by atoms with van der Waals surface area (Å²) in [6.45, 7) is 8.53. The highest BCUT2D eigenvalue weighted by Crippen LogP contribution is 2.40. The molecule has 0 radical (unpaired) electrons. The van der Waals surface area contributed by atoms with Gasteiger partial charge in [0.05, 0.1) is 18.8 Å². The van der Waals surface area contributed by atoms with Gasteiger partial charge < -0.3 is 24.6 Å². The molecule has 3 aromatic rings. The number of benzene rings is 2. The Morgan fingerprint density at radius 2 is 1.86 bits per heavy atom. The zero-order chi connectivity index (χ0) is 25.3. The number of methoxy groups -OCH3 is 1. The first-order chi connectivity index (χ1) is 16.6. The monoisotopic (exact) mass is 475 g/mol. The third kappa shape index (κ3) is 4.90. The second-order valence-electron chi connectivity index (χ2n) is 10.0. The first kappa shape index (κ1) is 24.4. The Morgan fingerprint density at radius 1 is 1.14 bits per heavy atom. The Morgan fingerprint density at radius 3 is 2.51 bits per heavy atom. The molecule has 0 bridgehead atoms. The van der Waals surface area contributed by atoms with Crippen molar-refractivity contribution in [2.45, 2.75) is 45.7 Å². The summed E-state index contributed by atoms with van der Waals surface area (Å²) in [5, 5.41) is 12.8. The molecule has 184 valence electrons. The number of amides is 2. The van der Waals surface area contributed by atoms with E-state index in [-0.39, 0.29) is 11.9 Å². The van der Waals surface area contributed by atoms with Gasteiger partial charge in [0.15, 0.2) is 0 Å². The number of hydrogen-bond acceptors (Lipinski definition) is 3. The van der Waals surface area contributed by atoms with Gasteiger partial charge in [-0.1, -0.05) is 35.9 Å². The Labute approximate surface area is 206 Å². The molecule has 1 aliphatic heterocycles. The molecule has 1 aromatic heterocycles. The first-order valence-corrected chi connectivity index (χ1v) is 11.9. The molecule has 1 atom stereocenters. The molecule has 0 saturated heterocycles. The standard InChI is InChI=1S/C28H33N3O4/c1-18-8-6-10-20(14-18)25-23(19-9-7-11-22(15-19)35-5)16-24-26(32)29-17-21(31(24)25)12-13-30(27(33)34)28(2,3)4/h6-11,14-16,21H,12-13,17H2,1-5H3,(H,29,32)(H,33,34). The number of ether oxygens (including phenoxy) is 1. The van der Waals surface area contributed by atoms with Crippen molar-refractivity contribution in [1.82, 2.24) is 14.8 Å². The van der Waals surface area contributed by atoms with Gasteiger partial charge in [-0.05, 0) is 69.5 Å². The Balaban J connectivity index is 1.86. The van der Waals surface area contributed by atoms with Gasteiger partial charge in [-0.3, -0.25) is 4.79 Å². The number of carbonyl (C=O) groups excluding carboxylic acids is 1. The average Bonchev–Trinajstić information content (AvgIpc) is 3.21. The summed E-state index contributed by atoms with van der Waals surface area (Å²) in [6, 6.07) is 17.9. The number of fused-ring (bicyclic) bond motifs is 1. The van der Waals surface area contributed by atoms with E-state index in [1.165, 1.54) is 4.90 Å². The number of nitrogens with one attached hydrogen (secondary N) is 1. The quantitative estimate of drug-likeness (QED) is 0.487. The summed E-state index contributed by atoms with van der Waals surface area (Å²) in [4.78, 5) is 26.4. The molecule has 0 spiro atoms. The van der Waals surface area contributed by atoms with Gasteiger partial charge in [0.1, 0.15) is 11.4 Å². The number of carboxylic acid groups (broad SMARTS) is 1. The molecule has 1 aliphatic rings. The number of rotatable bonds is 6. The molecule has 1 unspecified atom stereocenters. The van der Waals surface area contributed by atoms with Crippen molar-refractivity contribution in [3.63, 3.8) is 0 Å². The smallest absolute Gasteiger partial charge is 0.407 e. The fourth-order valence-electron chi connectivity index (χ4n) is 4.80. The maximum Gasteiger partial charge on any atom is 0.407 e. The second-order valence-corrected chi connectivity index (χ2v) is 10.0. The fraction of sp³-hybridized carbons (Fsp3) is 0.357. The van der Waals surface area contributed by atoms with E-state index in [9.17, 15) is 14.7 Å². The summed E-state index contributed by atoms with van der Waals surface area (Å²) in [6.07, 6.45) is -0.372. The van der Waals surface area contributed by atoms with Gasteiger partial charge in [0.2, 0.25) is 0 Å². The lowest BCUT2D eigenvalue weighted by Crippen LogP contribution is -2.47. The van der Waals surface area contributed by atoms with Crippen molar-refractivity contribution < 1.29 is 19.4 Å². The molecule has 35 heavy (non-hydrogen) atoms. The lowest BCUT2D eigenvalue weighted by Gasteiger charge is -2.36. The van der Waals surface area contributed by atoms with Gasteiger partial charge in [-0.25, -0.2) is 4.79 Å². The fourth-order valence-corrected chi connectivity index (χ4v) is 4.80. The van der Waals surface area contributed by atoms with Gasteiger partial charge >= 0.3 is 6.09 Å². The summed E-state index contributed by atoms with van der Waals surface area (Å²) in [7, 11) is 1.64. The predicted molar refractivity (Wildman–Crippen MR) is 137 cm³/mol. The minimum absolute atomic E-state index is 0.0956. The van der Waals surface area contributed by atoms with E-state index < -0.39 is 11.6 Å². The molecule has 0 saturated carbocycles. The van der Waals surface area contributed by atoms with Crippen LogP contribution in [0.5, 0.6) is 5.75 Å². The molecule has 7 heteroatoms. The zero-order valence-corrected chi connectivity index (χ0v) is 21.0. The van der Waals surface area contributed by atoms with E-state index in [0.29, 0.717) is 25.2 Å². The number of aryl methyl sites for hydroxylation is 1. The van der Waals surface area contributed by atoms with Crippen LogP contribution < -0.4 is 10.1 Å². The molecule has 2 aromatic carbocycles. The third-order valence-corrected chi connectivity index (χ3v) is 6.53. The highest BCUT2D eigenvalue weighted by atomic mass is 16.5. The number of hydrogen-bond donors (Lipinski definition) is 2. The molecule has 0 fully saturated rings. The van der Waals surface area contributed by atoms with Crippen LogP contribution in [0, 0.1) is 6.92 Å². The van der Waals surface area contributed by atoms with Crippen molar-refractivity contribution in [3.05, 3.63) is 65.9 Å². The Kier molecular flexibility index (Phi) is 6.61. The summed E-state index contributed by atoms with van der Waals surface area (Å²) in [5.74, 6) is 0.611. The Hall–Kier alpha value is -3.74. The van der Waals surface area contributed by atoms with Crippen molar-refractivity contribution in [2.24, 2.45) is 0 Å². The van der Waals surface area contributed by atoms with Crippen LogP contribution >= 0.6 is 0 Å². The third-order valence-electron chi connectivity index (χ3n) is 6.53. The molecule has 2 heterocycles. The maximum atomic E-state index is 13.0. The topological polar surface area (TPSA) is 83.8 Å². The van der Waals surface area contributed by atoms with Crippen LogP contribution in [-0.4, -0.2) is 52.3 Å². The van der Waals surface area contributed by atoms with Crippen molar-refractivity contribution >= 4 is 12.0 Å². The highest BCUT2D eigenvalue weighted by molar-refractivity contribution is 5.98. The summed E-state index contributed by atoms with van der Waals surface area (Å²) < 4.78 is 7.56. The van der Waals surface area contributed by atoms with Crippen LogP contribution in [0.2, 0.25) is 0 Å². The summed E-state index contributed by atoms with van der Waals surface area (Å²) in [5.41, 5.74) is 5.04. The normalized spacial score (nSPS) is 15.3. The van der Waals surface area contributed by atoms with E-state index >= 15 is 0 Å². The first-order valence-electron chi connectivity index (χ1n) is 11.9. The van der Waals surface area contributed by atoms with Crippen molar-refractivity contribution in [3.8, 4) is 28.1 Å². The lowest BCUT2D eigenvalue weighted by atomic mass is 9.99. The van der Waals surface area contributed by atoms with Gasteiger partial charge in [0.25, 0.3) is 5.91 Å². The molecular formula is C28H33N3O4. The van der Waals surface area contributed by atoms with Crippen LogP contribution in [-0.2, 0) is 0 Å². The maximum absolute atomic E-state index is 13.0. The Bertz CT molecular complexity index is 1260. The van der Waals surface area contributed by atoms with Crippen molar-refractivity contribution in [1.29, 1.82) is 0 Å². The van der Waals surface area contributed by atoms with Crippen LogP contribution in [0.25, 0.3) is 22.4 Å². The highest BCUT2D eigenvalue weighted by Gasteiger charge is 2.33.